The molecule has 0 radical (unpaired) electrons. The van der Waals surface area contributed by atoms with Crippen LogP contribution in [0.4, 0.5) is 0 Å². The third kappa shape index (κ3) is 1.51. The highest BCUT2D eigenvalue weighted by Crippen LogP contribution is 2.21. The second-order valence-corrected chi connectivity index (χ2v) is 2.89. The molecule has 0 aromatic heterocycles. The van der Waals surface area contributed by atoms with E-state index < -0.39 is 0 Å². The van der Waals surface area contributed by atoms with Crippen molar-refractivity contribution in [2.45, 2.75) is 19.8 Å². The molecular formula is C7H10ClNO. The van der Waals surface area contributed by atoms with Crippen molar-refractivity contribution >= 4 is 17.5 Å². The molecule has 3 heteroatoms. The molecule has 1 atom stereocenters. The first-order valence-electron chi connectivity index (χ1n) is 3.39. The zero-order valence-electron chi connectivity index (χ0n) is 5.86. The topological polar surface area (TPSA) is 29.1 Å². The fourth-order valence-electron chi connectivity index (χ4n) is 0.984. The molecule has 1 unspecified atom stereocenters. The third-order valence-corrected chi connectivity index (χ3v) is 1.94. The summed E-state index contributed by atoms with van der Waals surface area (Å²) in [5.74, 6) is 0.171. The van der Waals surface area contributed by atoms with E-state index in [1.807, 2.05) is 6.92 Å². The standard InChI is InChI=1S/C7H10ClNO/c1-2-5-3-6(8)4-9-7(5)10/h4-5H,2-3H2,1H3,(H,9,10). The van der Waals surface area contributed by atoms with Crippen LogP contribution in [-0.4, -0.2) is 5.91 Å². The maximum absolute atomic E-state index is 11.0. The average Bonchev–Trinajstić information content (AvgIpc) is 1.94. The lowest BCUT2D eigenvalue weighted by Gasteiger charge is -2.17. The van der Waals surface area contributed by atoms with Crippen LogP contribution in [-0.2, 0) is 4.79 Å². The summed E-state index contributed by atoms with van der Waals surface area (Å²) in [6, 6.07) is 0. The molecule has 0 spiro atoms. The fourth-order valence-corrected chi connectivity index (χ4v) is 1.22. The van der Waals surface area contributed by atoms with Crippen LogP contribution in [0.1, 0.15) is 19.8 Å². The number of nitrogens with one attached hydrogen (secondary N) is 1. The summed E-state index contributed by atoms with van der Waals surface area (Å²) in [6.45, 7) is 1.99. The van der Waals surface area contributed by atoms with Gasteiger partial charge >= 0.3 is 0 Å². The number of allylic oxidation sites excluding steroid dienone is 1. The van der Waals surface area contributed by atoms with Crippen LogP contribution in [0.2, 0.25) is 0 Å². The SMILES string of the molecule is CCC1CC(Cl)=CNC1=O. The molecule has 1 N–H and O–H groups in total. The van der Waals surface area contributed by atoms with E-state index in [0.717, 1.165) is 11.5 Å². The van der Waals surface area contributed by atoms with Crippen molar-refractivity contribution in [1.29, 1.82) is 0 Å². The maximum atomic E-state index is 11.0. The zero-order valence-corrected chi connectivity index (χ0v) is 6.61. The molecule has 1 aliphatic heterocycles. The van der Waals surface area contributed by atoms with Gasteiger partial charge in [0.2, 0.25) is 5.91 Å². The molecule has 1 amide bonds. The van der Waals surface area contributed by atoms with Gasteiger partial charge in [-0.1, -0.05) is 18.5 Å². The van der Waals surface area contributed by atoms with Crippen LogP contribution >= 0.6 is 11.6 Å². The summed E-state index contributed by atoms with van der Waals surface area (Å²) in [4.78, 5) is 11.0. The van der Waals surface area contributed by atoms with Crippen LogP contribution in [0, 0.1) is 5.92 Å². The van der Waals surface area contributed by atoms with Crippen molar-refractivity contribution in [3.63, 3.8) is 0 Å². The van der Waals surface area contributed by atoms with Crippen LogP contribution in [0.15, 0.2) is 11.2 Å². The van der Waals surface area contributed by atoms with E-state index >= 15 is 0 Å². The van der Waals surface area contributed by atoms with Gasteiger partial charge in [-0.05, 0) is 12.8 Å². The summed E-state index contributed by atoms with van der Waals surface area (Å²) in [7, 11) is 0. The second-order valence-electron chi connectivity index (χ2n) is 2.41. The molecule has 1 aliphatic rings. The van der Waals surface area contributed by atoms with Crippen LogP contribution in [0.5, 0.6) is 0 Å². The van der Waals surface area contributed by atoms with Gasteiger partial charge in [0.15, 0.2) is 0 Å². The van der Waals surface area contributed by atoms with Gasteiger partial charge in [-0.3, -0.25) is 4.79 Å². The normalized spacial score (nSPS) is 25.6. The predicted molar refractivity (Wildman–Crippen MR) is 40.5 cm³/mol. The number of hydrogen-bond donors (Lipinski definition) is 1. The Morgan fingerprint density at radius 1 is 1.90 bits per heavy atom. The smallest absolute Gasteiger partial charge is 0.227 e. The summed E-state index contributed by atoms with van der Waals surface area (Å²) in [6.07, 6.45) is 3.12. The minimum atomic E-state index is 0.0810. The van der Waals surface area contributed by atoms with E-state index in [9.17, 15) is 4.79 Å². The van der Waals surface area contributed by atoms with Crippen molar-refractivity contribution in [1.82, 2.24) is 5.32 Å². The van der Waals surface area contributed by atoms with E-state index in [1.165, 1.54) is 0 Å². The van der Waals surface area contributed by atoms with Crippen molar-refractivity contribution in [3.05, 3.63) is 11.2 Å². The van der Waals surface area contributed by atoms with E-state index in [0.29, 0.717) is 6.42 Å². The molecule has 0 saturated carbocycles. The lowest BCUT2D eigenvalue weighted by Crippen LogP contribution is -2.30. The number of rotatable bonds is 1. The highest BCUT2D eigenvalue weighted by Gasteiger charge is 2.20. The number of carbonyl (C=O) groups excluding carboxylic acids is 1. The minimum absolute atomic E-state index is 0.0810. The quantitative estimate of drug-likeness (QED) is 0.619. The van der Waals surface area contributed by atoms with E-state index in [2.05, 4.69) is 5.32 Å². The van der Waals surface area contributed by atoms with Crippen LogP contribution in [0.3, 0.4) is 0 Å². The Morgan fingerprint density at radius 3 is 3.10 bits per heavy atom. The summed E-state index contributed by atoms with van der Waals surface area (Å²) >= 11 is 5.70. The van der Waals surface area contributed by atoms with Crippen molar-refractivity contribution < 1.29 is 4.79 Å². The Kier molecular flexibility index (Phi) is 2.33. The number of amides is 1. The van der Waals surface area contributed by atoms with Gasteiger partial charge in [-0.25, -0.2) is 0 Å². The van der Waals surface area contributed by atoms with Crippen LogP contribution < -0.4 is 5.32 Å². The Hall–Kier alpha value is -0.500. The maximum Gasteiger partial charge on any atom is 0.227 e. The average molecular weight is 160 g/mol. The molecule has 0 saturated heterocycles. The van der Waals surface area contributed by atoms with Crippen molar-refractivity contribution in [2.75, 3.05) is 0 Å². The van der Waals surface area contributed by atoms with Crippen LogP contribution in [0.25, 0.3) is 0 Å². The first-order chi connectivity index (χ1) is 4.74. The van der Waals surface area contributed by atoms with Gasteiger partial charge in [-0.2, -0.15) is 0 Å². The second kappa shape index (κ2) is 3.06. The Morgan fingerprint density at radius 2 is 2.60 bits per heavy atom. The molecule has 0 aromatic rings. The number of halogens is 1. The number of carbonyl (C=O) groups is 1. The number of hydrogen-bond acceptors (Lipinski definition) is 1. The lowest BCUT2D eigenvalue weighted by atomic mass is 9.99. The van der Waals surface area contributed by atoms with E-state index in [4.69, 9.17) is 11.6 Å². The largest absolute Gasteiger partial charge is 0.331 e. The monoisotopic (exact) mass is 159 g/mol. The molecular weight excluding hydrogens is 150 g/mol. The van der Waals surface area contributed by atoms with Gasteiger partial charge in [0, 0.05) is 17.2 Å². The predicted octanol–water partition coefficient (Wildman–Crippen LogP) is 1.61. The van der Waals surface area contributed by atoms with E-state index in [-0.39, 0.29) is 11.8 Å². The first-order valence-corrected chi connectivity index (χ1v) is 3.76. The summed E-state index contributed by atoms with van der Waals surface area (Å²) < 4.78 is 0. The Balaban J connectivity index is 2.62. The van der Waals surface area contributed by atoms with Gasteiger partial charge in [0.1, 0.15) is 0 Å². The lowest BCUT2D eigenvalue weighted by molar-refractivity contribution is -0.124. The molecule has 10 heavy (non-hydrogen) atoms. The molecule has 0 fully saturated rings. The van der Waals surface area contributed by atoms with Crippen molar-refractivity contribution in [2.24, 2.45) is 5.92 Å². The Labute approximate surface area is 65.2 Å². The van der Waals surface area contributed by atoms with Crippen molar-refractivity contribution in [3.8, 4) is 0 Å². The Bertz CT molecular complexity index is 176. The summed E-state index contributed by atoms with van der Waals surface area (Å²) in [5.41, 5.74) is 0. The molecule has 1 rings (SSSR count). The third-order valence-electron chi connectivity index (χ3n) is 1.68. The van der Waals surface area contributed by atoms with Gasteiger partial charge in [-0.15, -0.1) is 0 Å². The molecule has 1 heterocycles. The molecule has 2 nitrogen and oxygen atoms in total. The highest BCUT2D eigenvalue weighted by molar-refractivity contribution is 6.30. The van der Waals surface area contributed by atoms with Gasteiger partial charge in [0.05, 0.1) is 0 Å². The molecule has 0 aliphatic carbocycles. The molecule has 56 valence electrons. The van der Waals surface area contributed by atoms with Gasteiger partial charge < -0.3 is 5.32 Å². The minimum Gasteiger partial charge on any atom is -0.331 e. The first kappa shape index (κ1) is 7.61. The molecule has 0 aromatic carbocycles. The fraction of sp³-hybridized carbons (Fsp3) is 0.571. The van der Waals surface area contributed by atoms with Gasteiger partial charge in [0.25, 0.3) is 0 Å². The van der Waals surface area contributed by atoms with E-state index in [1.54, 1.807) is 6.20 Å². The highest BCUT2D eigenvalue weighted by atomic mass is 35.5. The summed E-state index contributed by atoms with van der Waals surface area (Å²) in [5, 5.41) is 3.34. The molecule has 0 bridgehead atoms. The zero-order chi connectivity index (χ0) is 7.56.